The zero-order valence-corrected chi connectivity index (χ0v) is 14.3. The molecule has 0 aromatic carbocycles. The number of aliphatic imine (C=N–C) groups is 1. The van der Waals surface area contributed by atoms with Crippen LogP contribution in [0.1, 0.15) is 27.7 Å². The molecule has 0 saturated heterocycles. The second-order valence-electron chi connectivity index (χ2n) is 4.53. The number of allylic oxidation sites excluding steroid dienone is 7. The highest BCUT2D eigenvalue weighted by atomic mass is 32.2. The van der Waals surface area contributed by atoms with Crippen LogP contribution in [0.5, 0.6) is 0 Å². The van der Waals surface area contributed by atoms with Crippen molar-refractivity contribution in [2.24, 2.45) is 4.99 Å². The quantitative estimate of drug-likeness (QED) is 0.238. The van der Waals surface area contributed by atoms with Crippen LogP contribution in [0.2, 0.25) is 0 Å². The molecule has 21 heavy (non-hydrogen) atoms. The van der Waals surface area contributed by atoms with Crippen molar-refractivity contribution in [1.29, 1.82) is 0 Å². The summed E-state index contributed by atoms with van der Waals surface area (Å²) in [7, 11) is 1.84. The van der Waals surface area contributed by atoms with Gasteiger partial charge in [-0.2, -0.15) is 0 Å². The van der Waals surface area contributed by atoms with Gasteiger partial charge in [0.25, 0.3) is 0 Å². The first kappa shape index (κ1) is 19.4. The van der Waals surface area contributed by atoms with Gasteiger partial charge < -0.3 is 0 Å². The molecule has 0 spiro atoms. The van der Waals surface area contributed by atoms with Gasteiger partial charge in [0.1, 0.15) is 0 Å². The lowest BCUT2D eigenvalue weighted by Gasteiger charge is -2.12. The van der Waals surface area contributed by atoms with E-state index < -0.39 is 0 Å². The molecule has 0 aromatic rings. The highest BCUT2D eigenvalue weighted by molar-refractivity contribution is 8.01. The fourth-order valence-electron chi connectivity index (χ4n) is 1.63. The maximum absolute atomic E-state index is 11.6. The Morgan fingerprint density at radius 2 is 1.81 bits per heavy atom. The van der Waals surface area contributed by atoms with Crippen molar-refractivity contribution >= 4 is 23.9 Å². The monoisotopic (exact) mass is 304 g/mol. The predicted molar refractivity (Wildman–Crippen MR) is 95.4 cm³/mol. The Bertz CT molecular complexity index is 533. The van der Waals surface area contributed by atoms with E-state index in [4.69, 9.17) is 0 Å². The number of rotatable bonds is 8. The summed E-state index contributed by atoms with van der Waals surface area (Å²) in [6.45, 7) is 15.2. The maximum atomic E-state index is 11.6. The topological polar surface area (TPSA) is 41.5 Å². The maximum Gasteiger partial charge on any atom is 0.151 e. The van der Waals surface area contributed by atoms with E-state index in [9.17, 15) is 4.79 Å². The fraction of sp³-hybridized carbons (Fsp3) is 0.294. The van der Waals surface area contributed by atoms with E-state index in [-0.39, 0.29) is 0 Å². The fourth-order valence-corrected chi connectivity index (χ4v) is 2.23. The summed E-state index contributed by atoms with van der Waals surface area (Å²) in [5.74, 6) is 0. The molecule has 0 radical (unpaired) electrons. The van der Waals surface area contributed by atoms with Crippen LogP contribution >= 0.6 is 11.9 Å². The van der Waals surface area contributed by atoms with Gasteiger partial charge in [-0.1, -0.05) is 31.4 Å². The number of carbonyl (C=O) groups is 1. The molecular weight excluding hydrogens is 280 g/mol. The Kier molecular flexibility index (Phi) is 9.34. The molecule has 0 heterocycles. The summed E-state index contributed by atoms with van der Waals surface area (Å²) < 4.78 is 3.01. The summed E-state index contributed by atoms with van der Waals surface area (Å²) in [5.41, 5.74) is 3.70. The first-order chi connectivity index (χ1) is 9.88. The molecule has 0 aromatic heterocycles. The van der Waals surface area contributed by atoms with Crippen LogP contribution in [0, 0.1) is 0 Å². The Hall–Kier alpha value is -1.65. The van der Waals surface area contributed by atoms with E-state index in [1.54, 1.807) is 6.08 Å². The average molecular weight is 304 g/mol. The molecule has 0 bridgehead atoms. The average Bonchev–Trinajstić information content (AvgIpc) is 2.42. The summed E-state index contributed by atoms with van der Waals surface area (Å²) >= 11 is 1.46. The molecule has 114 valence electrons. The number of hydrogen-bond donors (Lipinski definition) is 1. The highest BCUT2D eigenvalue weighted by Crippen LogP contribution is 2.27. The van der Waals surface area contributed by atoms with Crippen LogP contribution in [0.3, 0.4) is 0 Å². The normalized spacial score (nSPS) is 13.4. The Balaban J connectivity index is 6.04. The van der Waals surface area contributed by atoms with Gasteiger partial charge in [0.15, 0.2) is 6.29 Å². The Labute approximate surface area is 132 Å². The molecule has 0 aliphatic carbocycles. The second-order valence-corrected chi connectivity index (χ2v) is 5.76. The molecule has 1 N–H and O–H groups in total. The molecule has 0 saturated carbocycles. The lowest BCUT2D eigenvalue weighted by atomic mass is 9.99. The zero-order valence-electron chi connectivity index (χ0n) is 13.5. The third-order valence-electron chi connectivity index (χ3n) is 2.64. The van der Waals surface area contributed by atoms with E-state index in [1.165, 1.54) is 11.9 Å². The third-order valence-corrected chi connectivity index (χ3v) is 3.37. The van der Waals surface area contributed by atoms with Gasteiger partial charge in [0, 0.05) is 16.2 Å². The van der Waals surface area contributed by atoms with Gasteiger partial charge in [-0.25, -0.2) is 0 Å². The van der Waals surface area contributed by atoms with Crippen LogP contribution in [0.25, 0.3) is 0 Å². The molecule has 0 fully saturated rings. The number of nitrogens with zero attached hydrogens (tertiary/aromatic N) is 1. The van der Waals surface area contributed by atoms with Gasteiger partial charge in [-0.05, 0) is 57.8 Å². The van der Waals surface area contributed by atoms with E-state index in [2.05, 4.69) is 22.9 Å². The summed E-state index contributed by atoms with van der Waals surface area (Å²) in [6, 6.07) is 0. The molecule has 0 rings (SSSR count). The minimum absolute atomic E-state index is 0.586. The van der Waals surface area contributed by atoms with Crippen molar-refractivity contribution in [1.82, 2.24) is 4.72 Å². The van der Waals surface area contributed by atoms with E-state index in [0.717, 1.165) is 28.0 Å². The lowest BCUT2D eigenvalue weighted by Crippen LogP contribution is -2.00. The molecule has 0 amide bonds. The molecule has 3 nitrogen and oxygen atoms in total. The lowest BCUT2D eigenvalue weighted by molar-refractivity contribution is -0.104. The Morgan fingerprint density at radius 3 is 2.24 bits per heavy atom. The van der Waals surface area contributed by atoms with Crippen LogP contribution in [0.15, 0.2) is 63.7 Å². The first-order valence-corrected chi connectivity index (χ1v) is 7.41. The van der Waals surface area contributed by atoms with Crippen LogP contribution in [-0.4, -0.2) is 19.0 Å². The number of aldehydes is 1. The summed E-state index contributed by atoms with van der Waals surface area (Å²) in [5, 5.41) is 0. The highest BCUT2D eigenvalue weighted by Gasteiger charge is 2.11. The van der Waals surface area contributed by atoms with Gasteiger partial charge >= 0.3 is 0 Å². The van der Waals surface area contributed by atoms with Gasteiger partial charge in [-0.3, -0.25) is 14.5 Å². The van der Waals surface area contributed by atoms with E-state index >= 15 is 0 Å². The van der Waals surface area contributed by atoms with Crippen molar-refractivity contribution < 1.29 is 4.79 Å². The first-order valence-electron chi connectivity index (χ1n) is 6.60. The van der Waals surface area contributed by atoms with Gasteiger partial charge in [-0.15, -0.1) is 0 Å². The van der Waals surface area contributed by atoms with Gasteiger partial charge in [0.05, 0.1) is 5.70 Å². The van der Waals surface area contributed by atoms with Crippen molar-refractivity contribution in [3.05, 3.63) is 58.7 Å². The molecule has 0 atom stereocenters. The van der Waals surface area contributed by atoms with Gasteiger partial charge in [0.2, 0.25) is 0 Å². The molecule has 0 unspecified atom stereocenters. The minimum Gasteiger partial charge on any atom is -0.298 e. The number of carbonyl (C=O) groups excluding carboxylic acids is 1. The summed E-state index contributed by atoms with van der Waals surface area (Å²) in [4.78, 5) is 16.9. The minimum atomic E-state index is 0.586. The Morgan fingerprint density at radius 1 is 1.19 bits per heavy atom. The predicted octanol–water partition coefficient (Wildman–Crippen LogP) is 4.38. The number of nitrogens with one attached hydrogen (secondary N) is 1. The van der Waals surface area contributed by atoms with Crippen LogP contribution in [0.4, 0.5) is 0 Å². The standard InChI is InChI=1S/C17H24N2OS/c1-8-9-10-16(15(6)21-18-7)17(11-20)13(4)14(5)19-12(2)3/h8-11,18H,1,5H2,2-4,6-7H3/b10-9-,16-15-,17-13+. The summed E-state index contributed by atoms with van der Waals surface area (Å²) in [6.07, 6.45) is 6.21. The smallest absolute Gasteiger partial charge is 0.151 e. The van der Waals surface area contributed by atoms with Crippen molar-refractivity contribution in [2.75, 3.05) is 7.05 Å². The van der Waals surface area contributed by atoms with Crippen molar-refractivity contribution in [3.63, 3.8) is 0 Å². The SMILES string of the molecule is C=C\C=C/C(=C(\C)SNC)C(/C=O)=C(\C)C(=C)N=C(C)C. The van der Waals surface area contributed by atoms with Crippen LogP contribution in [-0.2, 0) is 4.79 Å². The molecular formula is C17H24N2OS. The molecule has 0 aliphatic rings. The van der Waals surface area contributed by atoms with Crippen molar-refractivity contribution in [3.8, 4) is 0 Å². The molecule has 4 heteroatoms. The molecule has 0 aliphatic heterocycles. The zero-order chi connectivity index (χ0) is 16.4. The van der Waals surface area contributed by atoms with E-state index in [0.29, 0.717) is 11.3 Å². The van der Waals surface area contributed by atoms with E-state index in [1.807, 2.05) is 46.9 Å². The third kappa shape index (κ3) is 6.56. The second kappa shape index (κ2) is 10.1. The van der Waals surface area contributed by atoms with Crippen LogP contribution < -0.4 is 4.72 Å². The van der Waals surface area contributed by atoms with Crippen molar-refractivity contribution in [2.45, 2.75) is 27.7 Å². The number of hydrogen-bond acceptors (Lipinski definition) is 4. The largest absolute Gasteiger partial charge is 0.298 e.